The van der Waals surface area contributed by atoms with Gasteiger partial charge in [-0.05, 0) is 51.2 Å². The van der Waals surface area contributed by atoms with Gasteiger partial charge >= 0.3 is 0 Å². The average molecular weight is 234 g/mol. The number of hydrogen-bond acceptors (Lipinski definition) is 1. The van der Waals surface area contributed by atoms with Gasteiger partial charge in [0.1, 0.15) is 5.78 Å². The summed E-state index contributed by atoms with van der Waals surface area (Å²) >= 11 is 0. The molecule has 0 bridgehead atoms. The van der Waals surface area contributed by atoms with Gasteiger partial charge in [0, 0.05) is 12.8 Å². The number of allylic oxidation sites excluding steroid dienone is 3. The van der Waals surface area contributed by atoms with Crippen LogP contribution in [-0.4, -0.2) is 5.78 Å². The van der Waals surface area contributed by atoms with Gasteiger partial charge in [-0.1, -0.05) is 25.5 Å². The molecule has 0 saturated carbocycles. The highest BCUT2D eigenvalue weighted by Gasteiger charge is 2.01. The molecule has 0 aliphatic heterocycles. The molecular weight excluding hydrogens is 208 g/mol. The lowest BCUT2D eigenvalue weighted by Crippen LogP contribution is -2.00. The predicted octanol–water partition coefficient (Wildman–Crippen LogP) is 4.84. The SMILES string of the molecule is CC(=C=CCC(=O)CC(C)C)CCC=C(C)C. The van der Waals surface area contributed by atoms with E-state index in [2.05, 4.69) is 46.4 Å². The molecular formula is C16H26O. The Morgan fingerprint density at radius 3 is 2.41 bits per heavy atom. The van der Waals surface area contributed by atoms with Crippen LogP contribution in [0, 0.1) is 5.92 Å². The van der Waals surface area contributed by atoms with Gasteiger partial charge in [0.05, 0.1) is 0 Å². The van der Waals surface area contributed by atoms with Crippen molar-refractivity contribution in [3.05, 3.63) is 29.0 Å². The second-order valence-corrected chi connectivity index (χ2v) is 5.29. The molecule has 0 amide bonds. The molecule has 0 atom stereocenters. The zero-order chi connectivity index (χ0) is 13.3. The van der Waals surface area contributed by atoms with Crippen LogP contribution in [0.4, 0.5) is 0 Å². The van der Waals surface area contributed by atoms with Crippen LogP contribution in [0.25, 0.3) is 0 Å². The first-order valence-electron chi connectivity index (χ1n) is 6.47. The largest absolute Gasteiger partial charge is 0.299 e. The van der Waals surface area contributed by atoms with E-state index < -0.39 is 0 Å². The van der Waals surface area contributed by atoms with Gasteiger partial charge in [-0.3, -0.25) is 4.79 Å². The van der Waals surface area contributed by atoms with Crippen molar-refractivity contribution >= 4 is 5.78 Å². The molecule has 0 rings (SSSR count). The third kappa shape index (κ3) is 11.2. The summed E-state index contributed by atoms with van der Waals surface area (Å²) < 4.78 is 0. The molecule has 0 aliphatic rings. The third-order valence-electron chi connectivity index (χ3n) is 2.39. The van der Waals surface area contributed by atoms with Crippen LogP contribution >= 0.6 is 0 Å². The molecule has 0 aliphatic carbocycles. The first-order chi connectivity index (χ1) is 7.91. The summed E-state index contributed by atoms with van der Waals surface area (Å²) in [6.45, 7) is 10.4. The number of ketones is 1. The molecule has 17 heavy (non-hydrogen) atoms. The lowest BCUT2D eigenvalue weighted by Gasteiger charge is -1.99. The molecule has 0 aromatic heterocycles. The quantitative estimate of drug-likeness (QED) is 0.455. The fraction of sp³-hybridized carbons (Fsp3) is 0.625. The topological polar surface area (TPSA) is 17.1 Å². The molecule has 96 valence electrons. The van der Waals surface area contributed by atoms with E-state index in [4.69, 9.17) is 0 Å². The first kappa shape index (κ1) is 15.9. The maximum Gasteiger partial charge on any atom is 0.137 e. The lowest BCUT2D eigenvalue weighted by atomic mass is 10.1. The van der Waals surface area contributed by atoms with E-state index >= 15 is 0 Å². The second kappa shape index (κ2) is 9.01. The number of Topliss-reactive ketones (excluding diaryl/α,β-unsaturated/α-hetero) is 1. The second-order valence-electron chi connectivity index (χ2n) is 5.29. The minimum Gasteiger partial charge on any atom is -0.299 e. The molecule has 0 radical (unpaired) electrons. The van der Waals surface area contributed by atoms with E-state index in [9.17, 15) is 4.79 Å². The lowest BCUT2D eigenvalue weighted by molar-refractivity contribution is -0.118. The van der Waals surface area contributed by atoms with Crippen LogP contribution in [0.5, 0.6) is 0 Å². The molecule has 0 saturated heterocycles. The summed E-state index contributed by atoms with van der Waals surface area (Å²) in [6.07, 6.45) is 7.40. The number of carbonyl (C=O) groups is 1. The van der Waals surface area contributed by atoms with Crippen molar-refractivity contribution in [2.75, 3.05) is 0 Å². The van der Waals surface area contributed by atoms with E-state index in [0.29, 0.717) is 24.5 Å². The van der Waals surface area contributed by atoms with E-state index in [-0.39, 0.29) is 0 Å². The minimum absolute atomic E-state index is 0.310. The van der Waals surface area contributed by atoms with Gasteiger partial charge < -0.3 is 0 Å². The molecule has 1 heteroatoms. The van der Waals surface area contributed by atoms with Crippen LogP contribution < -0.4 is 0 Å². The maximum atomic E-state index is 11.4. The smallest absolute Gasteiger partial charge is 0.137 e. The van der Waals surface area contributed by atoms with Crippen molar-refractivity contribution in [3.63, 3.8) is 0 Å². The summed E-state index contributed by atoms with van der Waals surface area (Å²) in [5, 5.41) is 0. The van der Waals surface area contributed by atoms with Crippen LogP contribution in [0.15, 0.2) is 29.0 Å². The molecule has 0 fully saturated rings. The van der Waals surface area contributed by atoms with Gasteiger partial charge in [0.2, 0.25) is 0 Å². The Bertz CT molecular complexity index is 321. The maximum absolute atomic E-state index is 11.4. The van der Waals surface area contributed by atoms with Crippen molar-refractivity contribution in [2.24, 2.45) is 5.92 Å². The van der Waals surface area contributed by atoms with E-state index in [1.54, 1.807) is 0 Å². The summed E-state index contributed by atoms with van der Waals surface area (Å²) in [5.41, 5.74) is 5.78. The Morgan fingerprint density at radius 2 is 1.88 bits per heavy atom. The van der Waals surface area contributed by atoms with Gasteiger partial charge in [-0.2, -0.15) is 0 Å². The van der Waals surface area contributed by atoms with Crippen LogP contribution in [-0.2, 0) is 4.79 Å². The van der Waals surface area contributed by atoms with Crippen LogP contribution in [0.2, 0.25) is 0 Å². The molecule has 0 heterocycles. The standard InChI is InChI=1S/C16H26O/c1-13(2)8-6-9-15(5)10-7-11-16(17)12-14(3)4/h7-8,14H,6,9,11-12H2,1-5H3. The third-order valence-corrected chi connectivity index (χ3v) is 2.39. The first-order valence-corrected chi connectivity index (χ1v) is 6.47. The predicted molar refractivity (Wildman–Crippen MR) is 75.0 cm³/mol. The number of carbonyl (C=O) groups excluding carboxylic acids is 1. The van der Waals surface area contributed by atoms with Gasteiger partial charge in [-0.25, -0.2) is 0 Å². The van der Waals surface area contributed by atoms with Crippen molar-refractivity contribution in [1.29, 1.82) is 0 Å². The van der Waals surface area contributed by atoms with Crippen molar-refractivity contribution < 1.29 is 4.79 Å². The Labute approximate surface area is 106 Å². The van der Waals surface area contributed by atoms with Gasteiger partial charge in [0.25, 0.3) is 0 Å². The zero-order valence-corrected chi connectivity index (χ0v) is 12.0. The summed E-state index contributed by atoms with van der Waals surface area (Å²) in [6, 6.07) is 0. The van der Waals surface area contributed by atoms with Crippen LogP contribution in [0.3, 0.4) is 0 Å². The van der Waals surface area contributed by atoms with Gasteiger partial charge in [-0.15, -0.1) is 5.73 Å². The van der Waals surface area contributed by atoms with E-state index in [1.165, 1.54) is 11.1 Å². The Balaban J connectivity index is 4.02. The Kier molecular flexibility index (Phi) is 8.44. The summed E-state index contributed by atoms with van der Waals surface area (Å²) in [5.74, 6) is 0.767. The average Bonchev–Trinajstić information content (AvgIpc) is 2.15. The van der Waals surface area contributed by atoms with Crippen molar-refractivity contribution in [3.8, 4) is 0 Å². The van der Waals surface area contributed by atoms with Gasteiger partial charge in [0.15, 0.2) is 0 Å². The minimum atomic E-state index is 0.310. The highest BCUT2D eigenvalue weighted by Crippen LogP contribution is 2.06. The highest BCUT2D eigenvalue weighted by molar-refractivity contribution is 5.79. The van der Waals surface area contributed by atoms with E-state index in [1.807, 2.05) is 6.08 Å². The van der Waals surface area contributed by atoms with Crippen molar-refractivity contribution in [1.82, 2.24) is 0 Å². The summed E-state index contributed by atoms with van der Waals surface area (Å²) in [4.78, 5) is 11.4. The summed E-state index contributed by atoms with van der Waals surface area (Å²) in [7, 11) is 0. The Morgan fingerprint density at radius 1 is 1.24 bits per heavy atom. The van der Waals surface area contributed by atoms with Crippen molar-refractivity contribution in [2.45, 2.75) is 60.3 Å². The monoisotopic (exact) mass is 234 g/mol. The molecule has 0 unspecified atom stereocenters. The molecule has 0 spiro atoms. The molecule has 1 nitrogen and oxygen atoms in total. The fourth-order valence-electron chi connectivity index (χ4n) is 1.53. The molecule has 0 N–H and O–H groups in total. The number of rotatable bonds is 7. The van der Waals surface area contributed by atoms with Crippen LogP contribution in [0.1, 0.15) is 60.3 Å². The van der Waals surface area contributed by atoms with E-state index in [0.717, 1.165) is 12.8 Å². The molecule has 0 aromatic carbocycles. The number of hydrogen-bond donors (Lipinski definition) is 0. The Hall–Kier alpha value is -1.07. The zero-order valence-electron chi connectivity index (χ0n) is 12.0. The fourth-order valence-corrected chi connectivity index (χ4v) is 1.53. The highest BCUT2D eigenvalue weighted by atomic mass is 16.1. The molecule has 0 aromatic rings. The normalized spacial score (nSPS) is 9.76.